The highest BCUT2D eigenvalue weighted by molar-refractivity contribution is 6.21. The third-order valence-electron chi connectivity index (χ3n) is 24.6. The van der Waals surface area contributed by atoms with Gasteiger partial charge >= 0.3 is 6.18 Å². The molecule has 0 aromatic heterocycles. The van der Waals surface area contributed by atoms with Gasteiger partial charge in [-0.15, -0.1) is 11.6 Å². The molecule has 4 N–H and O–H groups in total. The van der Waals surface area contributed by atoms with Crippen molar-refractivity contribution < 1.29 is 75.4 Å². The van der Waals surface area contributed by atoms with E-state index in [0.29, 0.717) is 45.1 Å². The molecule has 4 aliphatic carbocycles. The van der Waals surface area contributed by atoms with Gasteiger partial charge in [0, 0.05) is 74.3 Å². The fraction of sp³-hybridized carbons (Fsp3) is 0.838. The van der Waals surface area contributed by atoms with Crippen LogP contribution in [0.1, 0.15) is 188 Å². The molecule has 13 atom stereocenters. The first-order chi connectivity index (χ1) is 49.3. The normalized spacial score (nSPS) is 31.6. The number of amides is 12. The van der Waals surface area contributed by atoms with E-state index < -0.39 is 174 Å². The average Bonchev–Trinajstić information content (AvgIpc) is 1.33. The molecule has 586 valence electrons. The number of fused-ring (bicyclic) bond motifs is 1. The third kappa shape index (κ3) is 20.5. The van der Waals surface area contributed by atoms with Crippen LogP contribution in [0.15, 0.2) is 0 Å². The lowest BCUT2D eigenvalue weighted by atomic mass is 9.78. The van der Waals surface area contributed by atoms with E-state index in [1.54, 1.807) is 6.92 Å². The van der Waals surface area contributed by atoms with Crippen molar-refractivity contribution in [3.63, 3.8) is 0 Å². The van der Waals surface area contributed by atoms with Crippen molar-refractivity contribution in [2.45, 2.75) is 253 Å². The van der Waals surface area contributed by atoms with Crippen LogP contribution in [0.2, 0.25) is 0 Å². The predicted octanol–water partition coefficient (Wildman–Crippen LogP) is 4.67. The van der Waals surface area contributed by atoms with Crippen molar-refractivity contribution in [3.05, 3.63) is 0 Å². The van der Waals surface area contributed by atoms with Crippen LogP contribution in [0.5, 0.6) is 0 Å². The Labute approximate surface area is 617 Å². The van der Waals surface area contributed by atoms with Crippen LogP contribution >= 0.6 is 11.6 Å². The Morgan fingerprint density at radius 2 is 1.23 bits per heavy atom. The Morgan fingerprint density at radius 3 is 1.83 bits per heavy atom. The number of carbonyl (C=O) groups is 12. The summed E-state index contributed by atoms with van der Waals surface area (Å²) in [6.45, 7) is 6.07. The average molecular weight is 1490 g/mol. The second kappa shape index (κ2) is 37.4. The van der Waals surface area contributed by atoms with Crippen LogP contribution in [-0.2, 0) is 62.3 Å². The summed E-state index contributed by atoms with van der Waals surface area (Å²) in [4.78, 5) is 193. The standard InChI is InChI=1S/C74H119ClF3N13O13/c1-11-46(2)62-70(101)84(5)45-61(94)91-34-30-55(91)68(99)87(8)57(40-48-21-14-12-15-22-48)67(98)83(4)44-59(92)80-54(29-27-49-26-28-52(53(75)39-49)74(76,77)78)66(97)86(7)56(41-50-23-20-33-79-43-50)65(96)82-73(31-18-19-32-73)72(103)89(10)63(51-24-16-13-17-25-51)71(102)88(9)58(69(100)90-35-37-104-38-36-90)42-60(93)85(6)47(3)64(95)81-62/h46-58,62-63,79H,11-45H2,1-10H3,(H,80,92)(H,81,95)(H,82,96)/t46-,47-,49?,50?,52?,53?,54-,55-,56-,57-,58-,62-,63-/m0/s1. The van der Waals surface area contributed by atoms with Crippen molar-refractivity contribution in [2.24, 2.45) is 35.5 Å². The van der Waals surface area contributed by atoms with E-state index in [1.807, 2.05) is 6.92 Å². The molecular formula is C74H119ClF3N13O13. The van der Waals surface area contributed by atoms with Gasteiger partial charge in [0.05, 0.1) is 38.6 Å². The van der Waals surface area contributed by atoms with Crippen LogP contribution in [0.4, 0.5) is 13.2 Å². The second-order valence-corrected chi connectivity index (χ2v) is 32.2. The molecule has 4 heterocycles. The SMILES string of the molecule is CC[C@H](C)[C@@H]1NC(=O)[C@H](C)N(C)C(=O)C[C@@H](C(=O)N2CCOCC2)N(C)C(=O)[C@H](C2CCCCC2)N(C)C(=O)C2(CCCC2)NC(=O)[C@H](CC2CCCNC2)N(C)C(=O)[C@H](CCC2CCC(C(F)(F)F)C(Cl)C2)NC(=O)CN(C)C(=O)[C@H](CC2CCCCC2)N(C)C(=O)[C@@H]2CCN2C(=O)CN(C)C1=O. The first-order valence-electron chi connectivity index (χ1n) is 38.6. The monoisotopic (exact) mass is 1490 g/mol. The predicted molar refractivity (Wildman–Crippen MR) is 382 cm³/mol. The fourth-order valence-electron chi connectivity index (χ4n) is 17.4. The van der Waals surface area contributed by atoms with E-state index in [0.717, 1.165) is 69.2 Å². The number of hydrogen-bond donors (Lipinski definition) is 4. The van der Waals surface area contributed by atoms with E-state index in [2.05, 4.69) is 21.3 Å². The Balaban J connectivity index is 1.18. The maximum absolute atomic E-state index is 16.0. The third-order valence-corrected chi connectivity index (χ3v) is 25.1. The summed E-state index contributed by atoms with van der Waals surface area (Å²) < 4.78 is 48.0. The van der Waals surface area contributed by atoms with Crippen molar-refractivity contribution in [1.29, 1.82) is 0 Å². The molecule has 26 nitrogen and oxygen atoms in total. The molecule has 4 saturated heterocycles. The van der Waals surface area contributed by atoms with Crippen molar-refractivity contribution in [1.82, 2.24) is 65.4 Å². The lowest BCUT2D eigenvalue weighted by Gasteiger charge is -2.44. The van der Waals surface area contributed by atoms with Crippen LogP contribution < -0.4 is 21.3 Å². The summed E-state index contributed by atoms with van der Waals surface area (Å²) in [6.07, 6.45) is 6.51. The van der Waals surface area contributed by atoms with Crippen LogP contribution in [0.25, 0.3) is 0 Å². The molecule has 4 saturated carbocycles. The van der Waals surface area contributed by atoms with Crippen LogP contribution in [0.3, 0.4) is 0 Å². The molecule has 0 aromatic rings. The van der Waals surface area contributed by atoms with Gasteiger partial charge < -0.3 is 70.1 Å². The number of alkyl halides is 4. The van der Waals surface area contributed by atoms with Gasteiger partial charge in [0.2, 0.25) is 70.9 Å². The maximum atomic E-state index is 16.0. The van der Waals surface area contributed by atoms with E-state index in [-0.39, 0.29) is 115 Å². The number of nitrogens with zero attached hydrogens (tertiary/aromatic N) is 9. The molecule has 12 amide bonds. The summed E-state index contributed by atoms with van der Waals surface area (Å²) in [6, 6.07) is -9.85. The summed E-state index contributed by atoms with van der Waals surface area (Å²) in [5, 5.41) is 11.0. The summed E-state index contributed by atoms with van der Waals surface area (Å²) >= 11 is 6.47. The van der Waals surface area contributed by atoms with Crippen molar-refractivity contribution >= 4 is 82.5 Å². The van der Waals surface area contributed by atoms with E-state index >= 15 is 28.8 Å². The summed E-state index contributed by atoms with van der Waals surface area (Å²) in [5.74, 6) is -10.7. The topological polar surface area (TPSA) is 291 Å². The minimum absolute atomic E-state index is 0.0109. The number of rotatable bonds is 11. The Morgan fingerprint density at radius 1 is 0.615 bits per heavy atom. The molecule has 8 fully saturated rings. The van der Waals surface area contributed by atoms with Crippen molar-refractivity contribution in [3.8, 4) is 0 Å². The maximum Gasteiger partial charge on any atom is 0.393 e. The van der Waals surface area contributed by atoms with Crippen molar-refractivity contribution in [2.75, 3.05) is 108 Å². The van der Waals surface area contributed by atoms with Gasteiger partial charge in [-0.25, -0.2) is 0 Å². The number of nitrogens with one attached hydrogen (secondary N) is 4. The fourth-order valence-corrected chi connectivity index (χ4v) is 17.9. The zero-order valence-corrected chi connectivity index (χ0v) is 64.0. The molecule has 0 radical (unpaired) electrons. The molecule has 0 bridgehead atoms. The molecule has 4 aliphatic heterocycles. The number of ether oxygens (including phenoxy) is 1. The number of halogens is 4. The zero-order chi connectivity index (χ0) is 76.1. The van der Waals surface area contributed by atoms with E-state index in [4.69, 9.17) is 16.3 Å². The molecule has 8 aliphatic rings. The number of carbonyl (C=O) groups excluding carboxylic acids is 12. The Hall–Kier alpha value is -6.36. The summed E-state index contributed by atoms with van der Waals surface area (Å²) in [5.41, 5.74) is -1.60. The Kier molecular flexibility index (Phi) is 30.0. The number of likely N-dealkylation sites (N-methyl/N-ethyl adjacent to an activating group) is 7. The lowest BCUT2D eigenvalue weighted by molar-refractivity contribution is -0.182. The van der Waals surface area contributed by atoms with Gasteiger partial charge in [-0.2, -0.15) is 13.2 Å². The van der Waals surface area contributed by atoms with Crippen LogP contribution in [0, 0.1) is 35.5 Å². The molecule has 0 aromatic carbocycles. The van der Waals surface area contributed by atoms with E-state index in [9.17, 15) is 41.9 Å². The highest BCUT2D eigenvalue weighted by Crippen LogP contribution is 2.44. The van der Waals surface area contributed by atoms with Gasteiger partial charge in [0.25, 0.3) is 0 Å². The van der Waals surface area contributed by atoms with Crippen LogP contribution in [-0.4, -0.2) is 289 Å². The molecule has 8 rings (SSSR count). The van der Waals surface area contributed by atoms with Gasteiger partial charge in [-0.05, 0) is 139 Å². The first-order valence-corrected chi connectivity index (χ1v) is 39.0. The van der Waals surface area contributed by atoms with Gasteiger partial charge in [0.1, 0.15) is 53.9 Å². The van der Waals surface area contributed by atoms with Gasteiger partial charge in [0.15, 0.2) is 0 Å². The molecule has 30 heteroatoms. The lowest BCUT2D eigenvalue weighted by Crippen LogP contribution is -2.66. The largest absolute Gasteiger partial charge is 0.393 e. The molecule has 1 spiro atoms. The van der Waals surface area contributed by atoms with E-state index in [1.165, 1.54) is 95.5 Å². The highest BCUT2D eigenvalue weighted by Gasteiger charge is 2.52. The quantitative estimate of drug-likeness (QED) is 0.205. The highest BCUT2D eigenvalue weighted by atomic mass is 35.5. The number of hydrogen-bond acceptors (Lipinski definition) is 14. The Bertz CT molecular complexity index is 3030. The number of morpholine rings is 1. The molecule has 104 heavy (non-hydrogen) atoms. The smallest absolute Gasteiger partial charge is 0.378 e. The first kappa shape index (κ1) is 83.3. The number of piperidine rings is 1. The molecule has 4 unspecified atom stereocenters. The second-order valence-electron chi connectivity index (χ2n) is 31.6. The van der Waals surface area contributed by atoms with Gasteiger partial charge in [-0.3, -0.25) is 57.5 Å². The summed E-state index contributed by atoms with van der Waals surface area (Å²) in [7, 11) is 10.1. The van der Waals surface area contributed by atoms with Gasteiger partial charge in [-0.1, -0.05) is 84.5 Å². The zero-order valence-electron chi connectivity index (χ0n) is 63.3. The minimum atomic E-state index is -4.52. The minimum Gasteiger partial charge on any atom is -0.378 e. The molecular weight excluding hydrogens is 1370 g/mol.